The number of benzene rings is 1. The Labute approximate surface area is 127 Å². The Kier molecular flexibility index (Phi) is 6.29. The van der Waals surface area contributed by atoms with Crippen molar-refractivity contribution < 1.29 is 19.2 Å². The highest BCUT2D eigenvalue weighted by Gasteiger charge is 2.13. The van der Waals surface area contributed by atoms with E-state index in [1.165, 1.54) is 4.90 Å². The smallest absolute Gasteiger partial charge is 0.258 e. The first-order valence-electron chi connectivity index (χ1n) is 6.80. The van der Waals surface area contributed by atoms with Crippen LogP contribution in [-0.2, 0) is 9.53 Å². The van der Waals surface area contributed by atoms with Crippen molar-refractivity contribution in [3.05, 3.63) is 28.7 Å². The van der Waals surface area contributed by atoms with Crippen molar-refractivity contribution in [2.45, 2.75) is 0 Å². The van der Waals surface area contributed by atoms with Crippen LogP contribution in [0, 0.1) is 0 Å². The molecule has 1 fully saturated rings. The zero-order valence-corrected chi connectivity index (χ0v) is 12.9. The van der Waals surface area contributed by atoms with E-state index in [1.807, 2.05) is 24.3 Å². The summed E-state index contributed by atoms with van der Waals surface area (Å²) in [7, 11) is 0. The van der Waals surface area contributed by atoms with E-state index in [0.717, 1.165) is 37.3 Å². The fourth-order valence-corrected chi connectivity index (χ4v) is 2.28. The van der Waals surface area contributed by atoms with Crippen molar-refractivity contribution in [3.63, 3.8) is 0 Å². The molecule has 2 N–H and O–H groups in total. The fourth-order valence-electron chi connectivity index (χ4n) is 2.02. The highest BCUT2D eigenvalue weighted by atomic mass is 79.9. The molecule has 0 unspecified atom stereocenters. The van der Waals surface area contributed by atoms with E-state index >= 15 is 0 Å². The first-order chi connectivity index (χ1) is 9.74. The maximum atomic E-state index is 11.6. The van der Waals surface area contributed by atoms with Crippen molar-refractivity contribution in [1.29, 1.82) is 0 Å². The Morgan fingerprint density at radius 1 is 1.30 bits per heavy atom. The van der Waals surface area contributed by atoms with Gasteiger partial charge in [0.15, 0.2) is 6.61 Å². The maximum absolute atomic E-state index is 11.6. The predicted molar refractivity (Wildman–Crippen MR) is 79.0 cm³/mol. The quantitative estimate of drug-likeness (QED) is 0.755. The normalized spacial score (nSPS) is 15.8. The van der Waals surface area contributed by atoms with E-state index in [4.69, 9.17) is 9.47 Å². The largest absolute Gasteiger partial charge is 0.484 e. The SMILES string of the molecule is O=C(COc1ccc(Br)cc1)NCC[NH+]1CCOCC1. The Morgan fingerprint density at radius 2 is 2.00 bits per heavy atom. The molecule has 1 aliphatic heterocycles. The summed E-state index contributed by atoms with van der Waals surface area (Å²) in [6, 6.07) is 7.43. The summed E-state index contributed by atoms with van der Waals surface area (Å²) < 4.78 is 11.7. The topological polar surface area (TPSA) is 52.0 Å². The van der Waals surface area contributed by atoms with Crippen LogP contribution in [-0.4, -0.2) is 51.9 Å². The molecule has 110 valence electrons. The summed E-state index contributed by atoms with van der Waals surface area (Å²) >= 11 is 3.35. The number of ether oxygens (including phenoxy) is 2. The molecule has 0 atom stereocenters. The zero-order chi connectivity index (χ0) is 14.2. The van der Waals surface area contributed by atoms with E-state index < -0.39 is 0 Å². The second kappa shape index (κ2) is 8.24. The minimum absolute atomic E-state index is 0.0556. The van der Waals surface area contributed by atoms with E-state index in [1.54, 1.807) is 0 Å². The fraction of sp³-hybridized carbons (Fsp3) is 0.500. The summed E-state index contributed by atoms with van der Waals surface area (Å²) in [6.07, 6.45) is 0. The Hall–Kier alpha value is -1.11. The number of carbonyl (C=O) groups excluding carboxylic acids is 1. The van der Waals surface area contributed by atoms with Gasteiger partial charge in [-0.25, -0.2) is 0 Å². The van der Waals surface area contributed by atoms with E-state index in [9.17, 15) is 4.79 Å². The number of quaternary nitrogens is 1. The van der Waals surface area contributed by atoms with Crippen molar-refractivity contribution in [2.75, 3.05) is 46.0 Å². The molecule has 20 heavy (non-hydrogen) atoms. The highest BCUT2D eigenvalue weighted by Crippen LogP contribution is 2.15. The van der Waals surface area contributed by atoms with Gasteiger partial charge < -0.3 is 19.7 Å². The van der Waals surface area contributed by atoms with Gasteiger partial charge in [0.05, 0.1) is 26.3 Å². The Bertz CT molecular complexity index is 419. The van der Waals surface area contributed by atoms with Crippen LogP contribution in [0.2, 0.25) is 0 Å². The van der Waals surface area contributed by atoms with Gasteiger partial charge in [0.2, 0.25) is 0 Å². The van der Waals surface area contributed by atoms with E-state index in [-0.39, 0.29) is 12.5 Å². The number of rotatable bonds is 6. The molecule has 0 saturated carbocycles. The molecule has 6 heteroatoms. The molecule has 2 rings (SSSR count). The first kappa shape index (κ1) is 15.3. The molecular weight excluding hydrogens is 324 g/mol. The van der Waals surface area contributed by atoms with Crippen LogP contribution in [0.25, 0.3) is 0 Å². The summed E-state index contributed by atoms with van der Waals surface area (Å²) in [6.45, 7) is 5.34. The number of amides is 1. The number of hydrogen-bond donors (Lipinski definition) is 2. The highest BCUT2D eigenvalue weighted by molar-refractivity contribution is 9.10. The molecule has 0 aliphatic carbocycles. The van der Waals surface area contributed by atoms with Gasteiger partial charge in [-0.1, -0.05) is 15.9 Å². The van der Waals surface area contributed by atoms with Crippen LogP contribution in [0.5, 0.6) is 5.75 Å². The van der Waals surface area contributed by atoms with Gasteiger partial charge in [-0.2, -0.15) is 0 Å². The van der Waals surface area contributed by atoms with Crippen LogP contribution in [0.3, 0.4) is 0 Å². The minimum Gasteiger partial charge on any atom is -0.484 e. The van der Waals surface area contributed by atoms with Crippen LogP contribution in [0.4, 0.5) is 0 Å². The first-order valence-corrected chi connectivity index (χ1v) is 7.60. The van der Waals surface area contributed by atoms with E-state index in [2.05, 4.69) is 21.2 Å². The molecule has 1 aromatic rings. The number of nitrogens with one attached hydrogen (secondary N) is 2. The monoisotopic (exact) mass is 343 g/mol. The van der Waals surface area contributed by atoms with Gasteiger partial charge in [-0.15, -0.1) is 0 Å². The number of carbonyl (C=O) groups is 1. The lowest BCUT2D eigenvalue weighted by Gasteiger charge is -2.23. The van der Waals surface area contributed by atoms with Gasteiger partial charge in [-0.05, 0) is 24.3 Å². The summed E-state index contributed by atoms with van der Waals surface area (Å²) in [5, 5.41) is 2.88. The summed E-state index contributed by atoms with van der Waals surface area (Å²) in [5.74, 6) is 0.614. The Morgan fingerprint density at radius 3 is 2.70 bits per heavy atom. The molecule has 1 heterocycles. The molecule has 1 amide bonds. The zero-order valence-electron chi connectivity index (χ0n) is 11.4. The number of morpholine rings is 1. The van der Waals surface area contributed by atoms with Crippen LogP contribution in [0.1, 0.15) is 0 Å². The molecule has 1 aromatic carbocycles. The minimum atomic E-state index is -0.0828. The van der Waals surface area contributed by atoms with Crippen LogP contribution >= 0.6 is 15.9 Å². The second-order valence-electron chi connectivity index (χ2n) is 4.70. The summed E-state index contributed by atoms with van der Waals surface area (Å²) in [5.41, 5.74) is 0. The third-order valence-corrected chi connectivity index (χ3v) is 3.71. The van der Waals surface area contributed by atoms with Gasteiger partial charge in [0, 0.05) is 4.47 Å². The van der Waals surface area contributed by atoms with Crippen LogP contribution < -0.4 is 15.0 Å². The molecule has 0 radical (unpaired) electrons. The van der Waals surface area contributed by atoms with E-state index in [0.29, 0.717) is 12.3 Å². The summed E-state index contributed by atoms with van der Waals surface area (Å²) in [4.78, 5) is 13.1. The lowest BCUT2D eigenvalue weighted by Crippen LogP contribution is -3.14. The third kappa shape index (κ3) is 5.48. The van der Waals surface area contributed by atoms with Crippen molar-refractivity contribution >= 4 is 21.8 Å². The van der Waals surface area contributed by atoms with Gasteiger partial charge >= 0.3 is 0 Å². The molecule has 0 spiro atoms. The second-order valence-corrected chi connectivity index (χ2v) is 5.62. The lowest BCUT2D eigenvalue weighted by molar-refractivity contribution is -0.906. The Balaban J connectivity index is 1.59. The lowest BCUT2D eigenvalue weighted by atomic mass is 10.3. The van der Waals surface area contributed by atoms with Crippen molar-refractivity contribution in [1.82, 2.24) is 5.32 Å². The van der Waals surface area contributed by atoms with Gasteiger partial charge in [0.25, 0.3) is 5.91 Å². The number of hydrogen-bond acceptors (Lipinski definition) is 3. The molecule has 0 bridgehead atoms. The van der Waals surface area contributed by atoms with Gasteiger partial charge in [-0.3, -0.25) is 4.79 Å². The standard InChI is InChI=1S/C14H19BrN2O3/c15-12-1-3-13(4-2-12)20-11-14(18)16-5-6-17-7-9-19-10-8-17/h1-4H,5-11H2,(H,16,18)/p+1. The van der Waals surface area contributed by atoms with Crippen LogP contribution in [0.15, 0.2) is 28.7 Å². The van der Waals surface area contributed by atoms with Gasteiger partial charge in [0.1, 0.15) is 18.8 Å². The molecule has 0 aromatic heterocycles. The third-order valence-electron chi connectivity index (χ3n) is 3.18. The van der Waals surface area contributed by atoms with Crippen molar-refractivity contribution in [3.8, 4) is 5.75 Å². The van der Waals surface area contributed by atoms with Crippen molar-refractivity contribution in [2.24, 2.45) is 0 Å². The average Bonchev–Trinajstić information content (AvgIpc) is 2.48. The predicted octanol–water partition coefficient (Wildman–Crippen LogP) is -0.141. The molecule has 1 aliphatic rings. The maximum Gasteiger partial charge on any atom is 0.258 e. The molecular formula is C14H20BrN2O3+. The number of halogens is 1. The average molecular weight is 344 g/mol. The molecule has 5 nitrogen and oxygen atoms in total. The molecule has 1 saturated heterocycles.